The van der Waals surface area contributed by atoms with E-state index in [-0.39, 0.29) is 15.8 Å². The van der Waals surface area contributed by atoms with Crippen LogP contribution in [0.2, 0.25) is 0 Å². The van der Waals surface area contributed by atoms with E-state index in [1.54, 1.807) is 10.6 Å². The lowest BCUT2D eigenvalue weighted by Crippen LogP contribution is -2.62. The van der Waals surface area contributed by atoms with Gasteiger partial charge in [-0.3, -0.25) is 0 Å². The second-order valence-corrected chi connectivity index (χ2v) is 22.7. The van der Waals surface area contributed by atoms with E-state index in [0.29, 0.717) is 11.8 Å². The molecule has 9 rings (SSSR count). The zero-order valence-electron chi connectivity index (χ0n) is 29.8. The summed E-state index contributed by atoms with van der Waals surface area (Å²) in [6.07, 6.45) is 35.0. The van der Waals surface area contributed by atoms with Gasteiger partial charge in [0.15, 0.2) is 0 Å². The molecule has 2 aromatic rings. The third-order valence-electron chi connectivity index (χ3n) is 14.3. The molecule has 1 spiro atoms. The van der Waals surface area contributed by atoms with Crippen LogP contribution in [-0.4, -0.2) is 28.4 Å². The van der Waals surface area contributed by atoms with Crippen LogP contribution in [-0.2, 0) is 12.8 Å². The smallest absolute Gasteiger partial charge is 0.257 e. The van der Waals surface area contributed by atoms with E-state index in [1.807, 2.05) is 0 Å². The molecular formula is C44H62O2P2. The van der Waals surface area contributed by atoms with Gasteiger partial charge in [-0.25, -0.2) is 0 Å². The summed E-state index contributed by atoms with van der Waals surface area (Å²) < 4.78 is 15.6. The summed E-state index contributed by atoms with van der Waals surface area (Å²) in [5, 5.41) is 3.29. The van der Waals surface area contributed by atoms with Crippen molar-refractivity contribution in [2.75, 3.05) is 0 Å². The maximum Gasteiger partial charge on any atom is 0.257 e. The SMILES string of the molecule is c1cc2c(c(P(C3CCCCC3)C3CCCCC3)c1)OC13Oc4c(cccc4P(C4CCCCC4)C4CCCCC4)C[C@@H]1CCC[C@H]3C2. The summed E-state index contributed by atoms with van der Waals surface area (Å²) in [5.74, 6) is 3.07. The molecule has 0 N–H and O–H groups in total. The van der Waals surface area contributed by atoms with Gasteiger partial charge in [-0.05, 0) is 111 Å². The fourth-order valence-corrected chi connectivity index (χ4v) is 19.8. The Morgan fingerprint density at radius 3 is 1.12 bits per heavy atom. The lowest BCUT2D eigenvalue weighted by Gasteiger charge is -2.55. The molecule has 2 heterocycles. The molecule has 2 aliphatic heterocycles. The minimum absolute atomic E-state index is 0.223. The standard InChI is InChI=1S/C44H62O2P2/c1-5-20-36(21-6-1)47(37-22-7-2-8-23-37)40-28-13-16-32-30-34-18-15-19-35-31-33-17-14-29-41(43(33)46-44(34,35)45-42(32)40)48(38-24-9-3-10-25-38)39-26-11-4-12-27-39/h13-14,16-17,28-29,34-39H,1-12,15,18-27,30-31H2/t34-,35-,44?/m0/s1. The Kier molecular flexibility index (Phi) is 9.90. The van der Waals surface area contributed by atoms with Crippen LogP contribution in [0.3, 0.4) is 0 Å². The number of ether oxygens (including phenoxy) is 2. The fraction of sp³-hybridized carbons (Fsp3) is 0.727. The topological polar surface area (TPSA) is 18.5 Å². The van der Waals surface area contributed by atoms with Gasteiger partial charge in [0, 0.05) is 22.4 Å². The van der Waals surface area contributed by atoms with Gasteiger partial charge in [-0.2, -0.15) is 0 Å². The molecule has 0 amide bonds. The number of hydrogen-bond acceptors (Lipinski definition) is 2. The second-order valence-electron chi connectivity index (χ2n) is 17.2. The van der Waals surface area contributed by atoms with Gasteiger partial charge in [-0.15, -0.1) is 0 Å². The number of fused-ring (bicyclic) bond motifs is 2. The maximum absolute atomic E-state index is 7.80. The maximum atomic E-state index is 7.80. The van der Waals surface area contributed by atoms with Gasteiger partial charge in [0.2, 0.25) is 0 Å². The van der Waals surface area contributed by atoms with E-state index in [2.05, 4.69) is 36.4 Å². The highest BCUT2D eigenvalue weighted by atomic mass is 31.1. The van der Waals surface area contributed by atoms with Crippen molar-refractivity contribution in [3.63, 3.8) is 0 Å². The fourth-order valence-electron chi connectivity index (χ4n) is 12.0. The first-order valence-corrected chi connectivity index (χ1v) is 23.9. The zero-order valence-corrected chi connectivity index (χ0v) is 31.6. The predicted molar refractivity (Wildman–Crippen MR) is 206 cm³/mol. The van der Waals surface area contributed by atoms with Crippen LogP contribution < -0.4 is 20.1 Å². The molecule has 260 valence electrons. The van der Waals surface area contributed by atoms with Crippen molar-refractivity contribution in [2.24, 2.45) is 11.8 Å². The third-order valence-corrected chi connectivity index (χ3v) is 21.3. The van der Waals surface area contributed by atoms with Crippen molar-refractivity contribution in [1.82, 2.24) is 0 Å². The van der Waals surface area contributed by atoms with Gasteiger partial charge in [0.05, 0.1) is 0 Å². The molecule has 0 saturated heterocycles. The molecule has 0 aromatic heterocycles. The van der Waals surface area contributed by atoms with Crippen LogP contribution in [0, 0.1) is 11.8 Å². The van der Waals surface area contributed by atoms with Crippen LogP contribution in [0.4, 0.5) is 0 Å². The first-order valence-electron chi connectivity index (χ1n) is 21.0. The van der Waals surface area contributed by atoms with E-state index in [9.17, 15) is 0 Å². The number of hydrogen-bond donors (Lipinski definition) is 0. The predicted octanol–water partition coefficient (Wildman–Crippen LogP) is 11.9. The van der Waals surface area contributed by atoms with Gasteiger partial charge in [-0.1, -0.05) is 136 Å². The zero-order chi connectivity index (χ0) is 31.9. The highest BCUT2D eigenvalue weighted by Crippen LogP contribution is 2.61. The molecule has 4 heteroatoms. The van der Waals surface area contributed by atoms with Crippen molar-refractivity contribution in [3.05, 3.63) is 47.5 Å². The second kappa shape index (κ2) is 14.5. The summed E-state index contributed by atoms with van der Waals surface area (Å²) in [6.45, 7) is 0. The largest absolute Gasteiger partial charge is 0.451 e. The summed E-state index contributed by atoms with van der Waals surface area (Å²) >= 11 is 0. The Hall–Kier alpha value is -1.10. The van der Waals surface area contributed by atoms with E-state index in [0.717, 1.165) is 35.5 Å². The Balaban J connectivity index is 1.11. The van der Waals surface area contributed by atoms with Crippen molar-refractivity contribution < 1.29 is 9.47 Å². The molecule has 5 saturated carbocycles. The Labute approximate surface area is 294 Å². The summed E-state index contributed by atoms with van der Waals surface area (Å²) in [5.41, 5.74) is 6.57. The Morgan fingerprint density at radius 1 is 0.417 bits per heavy atom. The van der Waals surface area contributed by atoms with Crippen molar-refractivity contribution >= 4 is 26.5 Å². The molecule has 0 radical (unpaired) electrons. The molecule has 2 atom stereocenters. The molecule has 48 heavy (non-hydrogen) atoms. The summed E-state index contributed by atoms with van der Waals surface area (Å²) in [6, 6.07) is 14.8. The lowest BCUT2D eigenvalue weighted by atomic mass is 9.68. The molecule has 2 aromatic carbocycles. The molecule has 0 unspecified atom stereocenters. The molecule has 0 bridgehead atoms. The molecule has 5 aliphatic carbocycles. The molecule has 7 aliphatic rings. The highest BCUT2D eigenvalue weighted by Gasteiger charge is 2.58. The molecular weight excluding hydrogens is 622 g/mol. The van der Waals surface area contributed by atoms with Crippen LogP contribution >= 0.6 is 15.8 Å². The average molecular weight is 685 g/mol. The van der Waals surface area contributed by atoms with Crippen molar-refractivity contribution in [2.45, 2.75) is 189 Å². The first-order chi connectivity index (χ1) is 23.8. The number of para-hydroxylation sites is 2. The van der Waals surface area contributed by atoms with Crippen LogP contribution in [0.25, 0.3) is 0 Å². The average Bonchev–Trinajstić information content (AvgIpc) is 3.15. The molecule has 5 fully saturated rings. The van der Waals surface area contributed by atoms with Crippen LogP contribution in [0.15, 0.2) is 36.4 Å². The third kappa shape index (κ3) is 6.12. The van der Waals surface area contributed by atoms with Gasteiger partial charge in [0.25, 0.3) is 5.79 Å². The number of benzene rings is 2. The lowest BCUT2D eigenvalue weighted by molar-refractivity contribution is -0.225. The minimum Gasteiger partial charge on any atom is -0.451 e. The normalized spacial score (nSPS) is 30.5. The van der Waals surface area contributed by atoms with E-state index < -0.39 is 5.79 Å². The Bertz CT molecular complexity index is 1260. The highest BCUT2D eigenvalue weighted by molar-refractivity contribution is 7.67. The van der Waals surface area contributed by atoms with Crippen molar-refractivity contribution in [3.8, 4) is 11.5 Å². The van der Waals surface area contributed by atoms with Crippen LogP contribution in [0.5, 0.6) is 11.5 Å². The quantitative estimate of drug-likeness (QED) is 0.282. The Morgan fingerprint density at radius 2 is 0.771 bits per heavy atom. The monoisotopic (exact) mass is 684 g/mol. The first kappa shape index (κ1) is 32.8. The van der Waals surface area contributed by atoms with E-state index >= 15 is 0 Å². The van der Waals surface area contributed by atoms with Crippen LogP contribution in [0.1, 0.15) is 159 Å². The van der Waals surface area contributed by atoms with Gasteiger partial charge in [0.1, 0.15) is 11.5 Å². The number of rotatable bonds is 6. The van der Waals surface area contributed by atoms with Crippen molar-refractivity contribution in [1.29, 1.82) is 0 Å². The molecule has 2 nitrogen and oxygen atoms in total. The van der Waals surface area contributed by atoms with Gasteiger partial charge >= 0.3 is 0 Å². The minimum atomic E-state index is -0.481. The van der Waals surface area contributed by atoms with E-state index in [1.165, 1.54) is 170 Å². The summed E-state index contributed by atoms with van der Waals surface area (Å²) in [4.78, 5) is 0. The summed E-state index contributed by atoms with van der Waals surface area (Å²) in [7, 11) is -0.447. The van der Waals surface area contributed by atoms with Gasteiger partial charge < -0.3 is 9.47 Å². The van der Waals surface area contributed by atoms with E-state index in [4.69, 9.17) is 9.47 Å².